The molecule has 1 aromatic carbocycles. The van der Waals surface area contributed by atoms with Gasteiger partial charge in [-0.25, -0.2) is 0 Å². The fraction of sp³-hybridized carbons (Fsp3) is 0.125. The normalized spacial score (nSPS) is 10.8. The van der Waals surface area contributed by atoms with E-state index < -0.39 is 0 Å². The Hall–Kier alpha value is -1.22. The van der Waals surface area contributed by atoms with E-state index in [1.54, 1.807) is 18.2 Å². The maximum absolute atomic E-state index is 11.2. The van der Waals surface area contributed by atoms with Crippen molar-refractivity contribution in [3.8, 4) is 0 Å². The van der Waals surface area contributed by atoms with Gasteiger partial charge in [0.1, 0.15) is 0 Å². The van der Waals surface area contributed by atoms with Crippen molar-refractivity contribution in [3.05, 3.63) is 34.1 Å². The maximum atomic E-state index is 11.2. The van der Waals surface area contributed by atoms with E-state index >= 15 is 0 Å². The summed E-state index contributed by atoms with van der Waals surface area (Å²) in [5.41, 5.74) is 1.13. The average Bonchev–Trinajstić information content (AvgIpc) is 2.48. The second-order valence-electron chi connectivity index (χ2n) is 2.46. The molecule has 2 rings (SSSR count). The molecule has 0 unspecified atom stereocenters. The summed E-state index contributed by atoms with van der Waals surface area (Å²) < 4.78 is 4.90. The number of rotatable bonds is 1. The number of H-pyrrole nitrogens is 1. The van der Waals surface area contributed by atoms with E-state index in [0.717, 1.165) is 5.56 Å². The molecule has 1 N–H and O–H groups in total. The monoisotopic (exact) mass is 183 g/mol. The predicted octanol–water partition coefficient (Wildman–Crippen LogP) is 1.86. The van der Waals surface area contributed by atoms with Gasteiger partial charge in [-0.1, -0.05) is 12.1 Å². The van der Waals surface area contributed by atoms with Crippen molar-refractivity contribution in [1.82, 2.24) is 5.16 Å². The molecule has 3 nitrogen and oxygen atoms in total. The number of aromatic amines is 1. The molecule has 0 aliphatic heterocycles. The van der Waals surface area contributed by atoms with E-state index in [4.69, 9.17) is 16.1 Å². The SMILES string of the molecule is O=c1[nH]oc2cccc(CCl)c12. The van der Waals surface area contributed by atoms with Gasteiger partial charge in [0.05, 0.1) is 5.39 Å². The van der Waals surface area contributed by atoms with Crippen LogP contribution in [0.25, 0.3) is 11.0 Å². The van der Waals surface area contributed by atoms with Crippen molar-refractivity contribution in [2.45, 2.75) is 5.88 Å². The van der Waals surface area contributed by atoms with Crippen LogP contribution < -0.4 is 5.56 Å². The molecular formula is C8H6ClNO2. The Morgan fingerprint density at radius 1 is 1.50 bits per heavy atom. The minimum atomic E-state index is -0.221. The molecule has 12 heavy (non-hydrogen) atoms. The highest BCUT2D eigenvalue weighted by molar-refractivity contribution is 6.17. The fourth-order valence-corrected chi connectivity index (χ4v) is 1.41. The second-order valence-corrected chi connectivity index (χ2v) is 2.72. The molecule has 1 aromatic heterocycles. The van der Waals surface area contributed by atoms with E-state index in [9.17, 15) is 4.79 Å². The molecule has 2 aromatic rings. The van der Waals surface area contributed by atoms with Crippen molar-refractivity contribution in [2.24, 2.45) is 0 Å². The number of benzene rings is 1. The zero-order valence-corrected chi connectivity index (χ0v) is 6.89. The Bertz CT molecular complexity index is 457. The standard InChI is InChI=1S/C8H6ClNO2/c9-4-5-2-1-3-6-7(5)8(11)10-12-6/h1-3H,4H2,(H,10,11). The van der Waals surface area contributed by atoms with Crippen molar-refractivity contribution in [1.29, 1.82) is 0 Å². The molecule has 4 heteroatoms. The Kier molecular flexibility index (Phi) is 1.66. The first-order chi connectivity index (χ1) is 5.83. The third kappa shape index (κ3) is 0.940. The van der Waals surface area contributed by atoms with Gasteiger partial charge in [-0.3, -0.25) is 4.79 Å². The molecule has 0 saturated carbocycles. The molecule has 0 atom stereocenters. The third-order valence-electron chi connectivity index (χ3n) is 1.74. The van der Waals surface area contributed by atoms with Gasteiger partial charge in [-0.15, -0.1) is 11.6 Å². The van der Waals surface area contributed by atoms with E-state index in [2.05, 4.69) is 5.16 Å². The number of aromatic nitrogens is 1. The molecule has 0 spiro atoms. The highest BCUT2D eigenvalue weighted by atomic mass is 35.5. The minimum Gasteiger partial charge on any atom is -0.378 e. The van der Waals surface area contributed by atoms with Gasteiger partial charge >= 0.3 is 0 Å². The van der Waals surface area contributed by atoms with Crippen LogP contribution in [-0.2, 0) is 5.88 Å². The summed E-state index contributed by atoms with van der Waals surface area (Å²) in [6.45, 7) is 0. The first kappa shape index (κ1) is 7.43. The van der Waals surface area contributed by atoms with Gasteiger partial charge in [-0.2, -0.15) is 5.16 Å². The van der Waals surface area contributed by atoms with Crippen LogP contribution in [-0.4, -0.2) is 5.16 Å². The molecule has 0 bridgehead atoms. The zero-order chi connectivity index (χ0) is 8.55. The lowest BCUT2D eigenvalue weighted by molar-refractivity contribution is 0.449. The summed E-state index contributed by atoms with van der Waals surface area (Å²) in [4.78, 5) is 11.2. The molecular weight excluding hydrogens is 178 g/mol. The molecule has 0 radical (unpaired) electrons. The van der Waals surface area contributed by atoms with Crippen LogP contribution in [0.15, 0.2) is 27.5 Å². The maximum Gasteiger partial charge on any atom is 0.288 e. The van der Waals surface area contributed by atoms with Crippen LogP contribution in [0.4, 0.5) is 0 Å². The number of halogens is 1. The quantitative estimate of drug-likeness (QED) is 0.686. The van der Waals surface area contributed by atoms with Gasteiger partial charge < -0.3 is 4.52 Å². The summed E-state index contributed by atoms with van der Waals surface area (Å²) in [6, 6.07) is 5.33. The molecule has 62 valence electrons. The summed E-state index contributed by atoms with van der Waals surface area (Å²) in [6.07, 6.45) is 0. The van der Waals surface area contributed by atoms with Crippen molar-refractivity contribution in [3.63, 3.8) is 0 Å². The third-order valence-corrected chi connectivity index (χ3v) is 2.03. The van der Waals surface area contributed by atoms with Crippen molar-refractivity contribution in [2.75, 3.05) is 0 Å². The number of nitrogens with one attached hydrogen (secondary N) is 1. The molecule has 0 saturated heterocycles. The Morgan fingerprint density at radius 3 is 3.08 bits per heavy atom. The van der Waals surface area contributed by atoms with Gasteiger partial charge in [0, 0.05) is 5.88 Å². The van der Waals surface area contributed by atoms with Crippen LogP contribution in [0.1, 0.15) is 5.56 Å². The largest absolute Gasteiger partial charge is 0.378 e. The molecule has 0 aliphatic rings. The lowest BCUT2D eigenvalue weighted by atomic mass is 10.1. The highest BCUT2D eigenvalue weighted by Gasteiger charge is 2.06. The second kappa shape index (κ2) is 2.68. The van der Waals surface area contributed by atoms with Crippen LogP contribution >= 0.6 is 11.6 Å². The summed E-state index contributed by atoms with van der Waals surface area (Å²) in [5, 5.41) is 2.81. The van der Waals surface area contributed by atoms with Crippen LogP contribution in [0.5, 0.6) is 0 Å². The molecule has 1 heterocycles. The minimum absolute atomic E-state index is 0.221. The van der Waals surface area contributed by atoms with Gasteiger partial charge in [0.2, 0.25) is 0 Å². The lowest BCUT2D eigenvalue weighted by Crippen LogP contribution is -1.99. The Labute approximate surface area is 72.9 Å². The lowest BCUT2D eigenvalue weighted by Gasteiger charge is -1.92. The molecule has 0 aliphatic carbocycles. The Balaban J connectivity index is 2.93. The van der Waals surface area contributed by atoms with Crippen LogP contribution in [0.2, 0.25) is 0 Å². The molecule has 0 fully saturated rings. The van der Waals surface area contributed by atoms with E-state index in [-0.39, 0.29) is 5.56 Å². The number of hydrogen-bond donors (Lipinski definition) is 1. The van der Waals surface area contributed by atoms with E-state index in [1.165, 1.54) is 0 Å². The highest BCUT2D eigenvalue weighted by Crippen LogP contribution is 2.15. The van der Waals surface area contributed by atoms with E-state index in [1.807, 2.05) is 0 Å². The smallest absolute Gasteiger partial charge is 0.288 e. The Morgan fingerprint density at radius 2 is 2.33 bits per heavy atom. The average molecular weight is 184 g/mol. The first-order valence-electron chi connectivity index (χ1n) is 3.48. The van der Waals surface area contributed by atoms with Gasteiger partial charge in [0.25, 0.3) is 5.56 Å². The number of hydrogen-bond acceptors (Lipinski definition) is 2. The first-order valence-corrected chi connectivity index (χ1v) is 4.01. The predicted molar refractivity (Wildman–Crippen MR) is 46.4 cm³/mol. The fourth-order valence-electron chi connectivity index (χ4n) is 1.18. The van der Waals surface area contributed by atoms with Gasteiger partial charge in [0.15, 0.2) is 5.58 Å². The number of fused-ring (bicyclic) bond motifs is 1. The van der Waals surface area contributed by atoms with Crippen LogP contribution in [0.3, 0.4) is 0 Å². The van der Waals surface area contributed by atoms with Crippen molar-refractivity contribution < 1.29 is 4.52 Å². The summed E-state index contributed by atoms with van der Waals surface area (Å²) in [7, 11) is 0. The summed E-state index contributed by atoms with van der Waals surface area (Å²) in [5.74, 6) is 0.319. The molecule has 0 amide bonds. The van der Waals surface area contributed by atoms with Crippen LogP contribution in [0, 0.1) is 0 Å². The zero-order valence-electron chi connectivity index (χ0n) is 6.13. The summed E-state index contributed by atoms with van der Waals surface area (Å²) >= 11 is 5.64. The van der Waals surface area contributed by atoms with Crippen molar-refractivity contribution >= 4 is 22.6 Å². The number of alkyl halides is 1. The van der Waals surface area contributed by atoms with E-state index in [0.29, 0.717) is 16.8 Å². The van der Waals surface area contributed by atoms with Gasteiger partial charge in [-0.05, 0) is 11.6 Å². The topological polar surface area (TPSA) is 46.0 Å².